The van der Waals surface area contributed by atoms with Crippen molar-refractivity contribution in [3.05, 3.63) is 57.4 Å². The summed E-state index contributed by atoms with van der Waals surface area (Å²) in [6, 6.07) is 11.5. The van der Waals surface area contributed by atoms with Gasteiger partial charge in [0.15, 0.2) is 0 Å². The number of hydrogen-bond donors (Lipinski definition) is 2. The number of fused-ring (bicyclic) bond motifs is 1. The van der Waals surface area contributed by atoms with Crippen LogP contribution in [0.3, 0.4) is 0 Å². The van der Waals surface area contributed by atoms with Crippen LogP contribution in [0.25, 0.3) is 0 Å². The number of ether oxygens (including phenoxy) is 1. The lowest BCUT2D eigenvalue weighted by Crippen LogP contribution is -3.17. The summed E-state index contributed by atoms with van der Waals surface area (Å²) in [6.07, 6.45) is 4.81. The first-order valence-electron chi connectivity index (χ1n) is 9.95. The lowest BCUT2D eigenvalue weighted by Gasteiger charge is -2.44. The number of rotatable bonds is 2. The van der Waals surface area contributed by atoms with Gasteiger partial charge in [0.2, 0.25) is 0 Å². The smallest absolute Gasteiger partial charge is 0.108 e. The van der Waals surface area contributed by atoms with Gasteiger partial charge in [-0.25, -0.2) is 18.6 Å². The molecule has 9 heteroatoms. The van der Waals surface area contributed by atoms with Crippen molar-refractivity contribution in [2.24, 2.45) is 5.41 Å². The molecule has 1 saturated heterocycles. The van der Waals surface area contributed by atoms with Crippen molar-refractivity contribution < 1.29 is 38.5 Å². The standard InChI is InChI=1S/C21H27NOS2.ClHO4/c1-21(2)14-16(22-8-10-23-11-9-22)12-19-20(21)17(24)13-18(25-19)15-6-4-3-5-7-15;2-1(3,4)5/h3-7,12,16,18,24H,8-11,13-14H2,1-2H3;(H,2,3,4,5). The number of halogens is 1. The fraction of sp³-hybridized carbons (Fsp3) is 0.524. The molecule has 3 aliphatic rings. The van der Waals surface area contributed by atoms with Gasteiger partial charge in [-0.15, -0.1) is 34.6 Å². The van der Waals surface area contributed by atoms with Crippen LogP contribution in [0.1, 0.15) is 37.5 Å². The minimum absolute atomic E-state index is 0.200. The molecule has 4 rings (SSSR count). The minimum atomic E-state index is -4.94. The summed E-state index contributed by atoms with van der Waals surface area (Å²) in [6.45, 7) is 8.86. The number of nitrogens with one attached hydrogen (secondary N) is 1. The largest absolute Gasteiger partial charge is 0.370 e. The topological polar surface area (TPSA) is 106 Å². The molecule has 1 aromatic rings. The highest BCUT2D eigenvalue weighted by molar-refractivity contribution is 8.03. The Morgan fingerprint density at radius 2 is 1.70 bits per heavy atom. The summed E-state index contributed by atoms with van der Waals surface area (Å²) < 4.78 is 39.5. The molecule has 0 bridgehead atoms. The number of benzene rings is 1. The highest BCUT2D eigenvalue weighted by Gasteiger charge is 2.42. The fourth-order valence-corrected chi connectivity index (χ4v) is 6.95. The molecular formula is C21H28ClNO5S2. The molecule has 1 N–H and O–H groups in total. The van der Waals surface area contributed by atoms with E-state index in [4.69, 9.17) is 36.0 Å². The van der Waals surface area contributed by atoms with Gasteiger partial charge >= 0.3 is 0 Å². The number of thioether (sulfide) groups is 1. The van der Waals surface area contributed by atoms with Gasteiger partial charge in [0, 0.05) is 16.6 Å². The second-order valence-electron chi connectivity index (χ2n) is 8.42. The number of morpholine rings is 1. The third-order valence-corrected chi connectivity index (χ3v) is 7.50. The predicted octanol–water partition coefficient (Wildman–Crippen LogP) is -1.11. The van der Waals surface area contributed by atoms with Gasteiger partial charge in [0.05, 0.1) is 13.2 Å². The van der Waals surface area contributed by atoms with Crippen LogP contribution in [0, 0.1) is 15.7 Å². The lowest BCUT2D eigenvalue weighted by atomic mass is 9.73. The van der Waals surface area contributed by atoms with Crippen LogP contribution < -0.4 is 23.5 Å². The van der Waals surface area contributed by atoms with Crippen molar-refractivity contribution in [1.29, 1.82) is 0 Å². The Bertz CT molecular complexity index is 782. The third kappa shape index (κ3) is 6.48. The number of hydrogen-bond acceptors (Lipinski definition) is 7. The van der Waals surface area contributed by atoms with E-state index in [1.807, 2.05) is 0 Å². The summed E-state index contributed by atoms with van der Waals surface area (Å²) in [5.41, 5.74) is 3.11. The summed E-state index contributed by atoms with van der Waals surface area (Å²) in [7, 11) is -4.94. The van der Waals surface area contributed by atoms with E-state index in [9.17, 15) is 0 Å². The van der Waals surface area contributed by atoms with E-state index in [0.717, 1.165) is 32.7 Å². The maximum absolute atomic E-state index is 8.49. The third-order valence-electron chi connectivity index (χ3n) is 5.77. The number of thiol groups is 1. The highest BCUT2D eigenvalue weighted by Crippen LogP contribution is 2.56. The van der Waals surface area contributed by atoms with E-state index in [2.05, 4.69) is 62.0 Å². The Labute approximate surface area is 189 Å². The van der Waals surface area contributed by atoms with Gasteiger partial charge in [-0.2, -0.15) is 0 Å². The molecular weight excluding hydrogens is 446 g/mol. The average Bonchev–Trinajstić information content (AvgIpc) is 2.66. The molecule has 166 valence electrons. The van der Waals surface area contributed by atoms with Crippen LogP contribution >= 0.6 is 24.4 Å². The highest BCUT2D eigenvalue weighted by atomic mass is 35.7. The van der Waals surface area contributed by atoms with Crippen molar-refractivity contribution in [3.8, 4) is 0 Å². The Morgan fingerprint density at radius 3 is 2.30 bits per heavy atom. The van der Waals surface area contributed by atoms with Crippen LogP contribution in [0.2, 0.25) is 0 Å². The zero-order valence-electron chi connectivity index (χ0n) is 17.1. The Morgan fingerprint density at radius 1 is 1.10 bits per heavy atom. The molecule has 2 unspecified atom stereocenters. The molecule has 1 aliphatic carbocycles. The van der Waals surface area contributed by atoms with Gasteiger partial charge in [-0.3, -0.25) is 0 Å². The molecule has 6 nitrogen and oxygen atoms in total. The molecule has 30 heavy (non-hydrogen) atoms. The molecule has 1 fully saturated rings. The van der Waals surface area contributed by atoms with Crippen LogP contribution in [0.4, 0.5) is 0 Å². The first kappa shape index (κ1) is 24.1. The van der Waals surface area contributed by atoms with Crippen LogP contribution in [0.5, 0.6) is 0 Å². The zero-order valence-corrected chi connectivity index (χ0v) is 19.6. The Hall–Kier alpha value is -0.550. The summed E-state index contributed by atoms with van der Waals surface area (Å²) in [4.78, 5) is 4.46. The second-order valence-corrected chi connectivity index (χ2v) is 11.0. The van der Waals surface area contributed by atoms with E-state index >= 15 is 0 Å². The molecule has 0 aromatic heterocycles. The SMILES string of the molecule is CC1(C)CC([NH+]2CCOCC2)C=C2SC(c3ccccc3)CC(S)=C21.[O-][Cl+3]([O-])([O-])[O-]. The maximum Gasteiger partial charge on any atom is 0.108 e. The Kier molecular flexibility index (Phi) is 7.98. The molecule has 1 aromatic carbocycles. The molecule has 0 saturated carbocycles. The normalized spacial score (nSPS) is 27.0. The van der Waals surface area contributed by atoms with Gasteiger partial charge in [-0.05, 0) is 34.0 Å². The molecule has 0 spiro atoms. The Balaban J connectivity index is 0.000000461. The van der Waals surface area contributed by atoms with Crippen molar-refractivity contribution in [3.63, 3.8) is 0 Å². The van der Waals surface area contributed by atoms with Gasteiger partial charge in [0.25, 0.3) is 0 Å². The lowest BCUT2D eigenvalue weighted by molar-refractivity contribution is -2.00. The number of quaternary nitrogens is 1. The summed E-state index contributed by atoms with van der Waals surface area (Å²) in [5.74, 6) is 0. The van der Waals surface area contributed by atoms with Gasteiger partial charge < -0.3 is 9.64 Å². The van der Waals surface area contributed by atoms with E-state index in [0.29, 0.717) is 11.3 Å². The van der Waals surface area contributed by atoms with Crippen molar-refractivity contribution in [2.75, 3.05) is 26.3 Å². The van der Waals surface area contributed by atoms with Crippen molar-refractivity contribution >= 4 is 24.4 Å². The second kappa shape index (κ2) is 9.94. The van der Waals surface area contributed by atoms with E-state index in [-0.39, 0.29) is 5.41 Å². The van der Waals surface area contributed by atoms with Crippen molar-refractivity contribution in [2.45, 2.75) is 38.0 Å². The molecule has 2 heterocycles. The maximum atomic E-state index is 8.49. The first-order valence-corrected chi connectivity index (χ1v) is 12.5. The van der Waals surface area contributed by atoms with E-state index in [1.165, 1.54) is 27.4 Å². The first-order chi connectivity index (χ1) is 14.0. The van der Waals surface area contributed by atoms with Crippen LogP contribution in [-0.4, -0.2) is 32.3 Å². The van der Waals surface area contributed by atoms with Gasteiger partial charge in [-0.1, -0.05) is 44.2 Å². The van der Waals surface area contributed by atoms with Crippen LogP contribution in [-0.2, 0) is 4.74 Å². The average molecular weight is 474 g/mol. The summed E-state index contributed by atoms with van der Waals surface area (Å²) >= 11 is 7.01. The quantitative estimate of drug-likeness (QED) is 0.528. The fourth-order valence-electron chi connectivity index (χ4n) is 4.53. The van der Waals surface area contributed by atoms with E-state index < -0.39 is 10.2 Å². The predicted molar refractivity (Wildman–Crippen MR) is 109 cm³/mol. The summed E-state index contributed by atoms with van der Waals surface area (Å²) in [5, 5.41) is 0.484. The molecule has 2 atom stereocenters. The molecule has 2 aliphatic heterocycles. The minimum Gasteiger partial charge on any atom is -0.370 e. The number of allylic oxidation sites excluding steroid dienone is 2. The van der Waals surface area contributed by atoms with E-state index in [1.54, 1.807) is 4.90 Å². The van der Waals surface area contributed by atoms with Crippen LogP contribution in [0.15, 0.2) is 51.8 Å². The monoisotopic (exact) mass is 473 g/mol. The molecule has 0 radical (unpaired) electrons. The zero-order chi connectivity index (χ0) is 21.9. The van der Waals surface area contributed by atoms with Crippen molar-refractivity contribution in [1.82, 2.24) is 0 Å². The molecule has 0 amide bonds. The van der Waals surface area contributed by atoms with Gasteiger partial charge in [0.1, 0.15) is 19.1 Å².